The van der Waals surface area contributed by atoms with Gasteiger partial charge in [-0.05, 0) is 19.1 Å². The molecule has 0 aromatic heterocycles. The molecule has 0 bridgehead atoms. The van der Waals surface area contributed by atoms with E-state index < -0.39 is 0 Å². The van der Waals surface area contributed by atoms with Crippen LogP contribution in [0.1, 0.15) is 6.92 Å². The van der Waals surface area contributed by atoms with Gasteiger partial charge in [0.25, 0.3) is 0 Å². The molecule has 0 radical (unpaired) electrons. The normalized spacial score (nSPS) is 13.2. The second-order valence-corrected chi connectivity index (χ2v) is 2.60. The molecule has 0 fully saturated rings. The molecule has 0 amide bonds. The lowest BCUT2D eigenvalue weighted by Gasteiger charge is -2.22. The molecule has 0 atom stereocenters. The van der Waals surface area contributed by atoms with Crippen molar-refractivity contribution in [3.63, 3.8) is 0 Å². The minimum absolute atomic E-state index is 0.309. The summed E-state index contributed by atoms with van der Waals surface area (Å²) in [6, 6.07) is 9.63. The first kappa shape index (κ1) is 6.95. The predicted octanol–water partition coefficient (Wildman–Crippen LogP) is 1.67. The summed E-state index contributed by atoms with van der Waals surface area (Å²) in [5.41, 5.74) is 0.935. The number of para-hydroxylation sites is 1. The molecule has 0 spiro atoms. The average Bonchev–Trinajstić information content (AvgIpc) is 2.26. The van der Waals surface area contributed by atoms with Gasteiger partial charge in [-0.15, -0.1) is 0 Å². The molecule has 1 rings (SSSR count). The minimum atomic E-state index is 0.309. The van der Waals surface area contributed by atoms with Gasteiger partial charge in [-0.25, -0.2) is 0 Å². The van der Waals surface area contributed by atoms with Gasteiger partial charge in [-0.1, -0.05) is 18.2 Å². The lowest BCUT2D eigenvalue weighted by molar-refractivity contribution is 0.974. The lowest BCUT2D eigenvalue weighted by atomic mass is 10.3. The summed E-state index contributed by atoms with van der Waals surface area (Å²) in [6.07, 6.45) is 0. The molecular weight excluding hydrogens is 162 g/mol. The van der Waals surface area contributed by atoms with E-state index in [9.17, 15) is 0 Å². The predicted molar refractivity (Wildman–Crippen MR) is 56.2 cm³/mol. The fourth-order valence-electron chi connectivity index (χ4n) is 1.17. The number of nitrogens with one attached hydrogen (secondary N) is 2. The lowest BCUT2D eigenvalue weighted by Crippen LogP contribution is -2.38. The highest BCUT2D eigenvalue weighted by Gasteiger charge is 2.06. The van der Waals surface area contributed by atoms with E-state index in [1.165, 1.54) is 0 Å². The number of guanidine groups is 1. The molecule has 3 heteroatoms. The summed E-state index contributed by atoms with van der Waals surface area (Å²) in [4.78, 5) is 1.81. The number of anilines is 1. The zero-order valence-corrected chi connectivity index (χ0v) is 7.94. The van der Waals surface area contributed by atoms with Crippen LogP contribution >= 0.6 is 0 Å². The summed E-state index contributed by atoms with van der Waals surface area (Å²) in [5.74, 6) is 0.309. The Kier molecular flexibility index (Phi) is 2.40. The summed E-state index contributed by atoms with van der Waals surface area (Å²) >= 11 is 0. The Balaban J connectivity index is 2.99. The van der Waals surface area contributed by atoms with Crippen molar-refractivity contribution in [2.75, 3.05) is 18.5 Å². The molecule has 0 aliphatic heterocycles. The molecule has 0 aliphatic carbocycles. The van der Waals surface area contributed by atoms with Crippen LogP contribution in [-0.2, 0) is 0 Å². The zero-order chi connectivity index (χ0) is 11.3. The molecule has 1 aromatic carbocycles. The van der Waals surface area contributed by atoms with Gasteiger partial charge < -0.3 is 10.2 Å². The third kappa shape index (κ3) is 2.21. The fraction of sp³-hybridized carbons (Fsp3) is 0.300. The molecule has 3 nitrogen and oxygen atoms in total. The van der Waals surface area contributed by atoms with Gasteiger partial charge in [0, 0.05) is 19.3 Å². The first-order chi connectivity index (χ1) is 7.20. The summed E-state index contributed by atoms with van der Waals surface area (Å²) in [7, 11) is 1.55. The summed E-state index contributed by atoms with van der Waals surface area (Å²) in [5, 5.41) is 4.45. The first-order valence-electron chi connectivity index (χ1n) is 5.17. The van der Waals surface area contributed by atoms with E-state index in [4.69, 9.17) is 2.82 Å². The van der Waals surface area contributed by atoms with Gasteiger partial charge in [0.1, 0.15) is 0 Å². The van der Waals surface area contributed by atoms with Crippen molar-refractivity contribution >= 4 is 11.6 Å². The van der Waals surface area contributed by atoms with E-state index in [2.05, 4.69) is 5.40 Å². The highest BCUT2D eigenvalue weighted by Crippen LogP contribution is 2.11. The van der Waals surface area contributed by atoms with E-state index in [-0.39, 0.29) is 0 Å². The molecule has 0 unspecified atom stereocenters. The van der Waals surface area contributed by atoms with Crippen LogP contribution in [-0.4, -0.2) is 19.6 Å². The molecule has 13 heavy (non-hydrogen) atoms. The fourth-order valence-corrected chi connectivity index (χ4v) is 1.17. The van der Waals surface area contributed by atoms with Crippen LogP contribution in [0.25, 0.3) is 0 Å². The van der Waals surface area contributed by atoms with Gasteiger partial charge in [0.15, 0.2) is 8.78 Å². The highest BCUT2D eigenvalue weighted by atomic mass is 15.3. The molecule has 2 N–H and O–H groups in total. The number of hydrogen-bond acceptors (Lipinski definition) is 1. The Morgan fingerprint density at radius 2 is 2.31 bits per heavy atom. The Morgan fingerprint density at radius 3 is 2.77 bits per heavy atom. The highest BCUT2D eigenvalue weighted by molar-refractivity contribution is 5.93. The van der Waals surface area contributed by atoms with Crippen molar-refractivity contribution in [1.29, 1.82) is 5.40 Å². The van der Waals surface area contributed by atoms with Crippen LogP contribution in [0.3, 0.4) is 0 Å². The first-order valence-corrected chi connectivity index (χ1v) is 4.28. The third-order valence-electron chi connectivity index (χ3n) is 1.83. The maximum absolute atomic E-state index is 7.46. The van der Waals surface area contributed by atoms with Gasteiger partial charge in [0.05, 0.1) is 0 Å². The molecule has 0 saturated heterocycles. The van der Waals surface area contributed by atoms with Gasteiger partial charge >= 0.3 is 0 Å². The summed E-state index contributed by atoms with van der Waals surface area (Å²) < 4.78 is 14.5. The molecule has 70 valence electrons. The standard InChI is InChI=1S/C10H15N3/c1-3-13(10(11)12-2)9-7-5-4-6-8-9/h4-8H,3H2,1-2H3,(H2,11,12)/i/hD2. The molecule has 0 saturated carbocycles. The molecular formula is C10H15N3. The second kappa shape index (κ2) is 4.50. The molecule has 0 aliphatic rings. The van der Waals surface area contributed by atoms with Crippen molar-refractivity contribution in [2.45, 2.75) is 6.92 Å². The monoisotopic (exact) mass is 179 g/mol. The van der Waals surface area contributed by atoms with Crippen LogP contribution in [0.2, 0.25) is 2.82 Å². The SMILES string of the molecule is [2H]N=C(N([2H])C)N(CC)c1ccccc1. The van der Waals surface area contributed by atoms with Crippen LogP contribution in [0.4, 0.5) is 5.69 Å². The number of nitrogens with zero attached hydrogens (tertiary/aromatic N) is 1. The van der Waals surface area contributed by atoms with Crippen molar-refractivity contribution < 1.29 is 2.82 Å². The Labute approximate surface area is 81.8 Å². The maximum atomic E-state index is 7.46. The second-order valence-electron chi connectivity index (χ2n) is 2.60. The topological polar surface area (TPSA) is 39.1 Å². The Bertz CT molecular complexity index is 325. The van der Waals surface area contributed by atoms with Crippen molar-refractivity contribution in [1.82, 2.24) is 5.31 Å². The van der Waals surface area contributed by atoms with Crippen LogP contribution < -0.4 is 10.2 Å². The average molecular weight is 179 g/mol. The number of rotatable bonds is 2. The quantitative estimate of drug-likeness (QED) is 0.535. The minimum Gasteiger partial charge on any atom is -0.359 e. The smallest absolute Gasteiger partial charge is 0.195 e. The molecule has 1 aromatic rings. The Morgan fingerprint density at radius 1 is 1.62 bits per heavy atom. The molecule has 0 heterocycles. The van der Waals surface area contributed by atoms with Crippen molar-refractivity contribution in [3.8, 4) is 0 Å². The van der Waals surface area contributed by atoms with E-state index in [1.54, 1.807) is 11.9 Å². The third-order valence-corrected chi connectivity index (χ3v) is 1.83. The number of hydrogen-bond donors (Lipinski definition) is 2. The van der Waals surface area contributed by atoms with Crippen molar-refractivity contribution in [3.05, 3.63) is 30.3 Å². The largest absolute Gasteiger partial charge is 0.359 e. The van der Waals surface area contributed by atoms with Crippen LogP contribution in [0, 0.1) is 5.40 Å². The van der Waals surface area contributed by atoms with Crippen molar-refractivity contribution in [2.24, 2.45) is 0 Å². The zero-order valence-electron chi connectivity index (χ0n) is 9.94. The van der Waals surface area contributed by atoms with E-state index in [0.717, 1.165) is 11.0 Å². The van der Waals surface area contributed by atoms with E-state index in [1.807, 2.05) is 37.3 Å². The van der Waals surface area contributed by atoms with Crippen LogP contribution in [0.5, 0.6) is 0 Å². The van der Waals surface area contributed by atoms with Gasteiger partial charge in [-0.3, -0.25) is 5.40 Å². The maximum Gasteiger partial charge on any atom is 0.195 e. The van der Waals surface area contributed by atoms with E-state index in [0.29, 0.717) is 12.5 Å². The Hall–Kier alpha value is -1.51. The number of benzene rings is 1. The van der Waals surface area contributed by atoms with Gasteiger partial charge in [-0.2, -0.15) is 0 Å². The van der Waals surface area contributed by atoms with Gasteiger partial charge in [0.2, 0.25) is 0 Å². The summed E-state index contributed by atoms with van der Waals surface area (Å²) in [6.45, 7) is 2.63. The van der Waals surface area contributed by atoms with E-state index >= 15 is 0 Å². The van der Waals surface area contributed by atoms with Crippen LogP contribution in [0.15, 0.2) is 30.3 Å².